The Morgan fingerprint density at radius 1 is 1.36 bits per heavy atom. The Morgan fingerprint density at radius 2 is 2.07 bits per heavy atom. The van der Waals surface area contributed by atoms with Gasteiger partial charge in [0, 0.05) is 0 Å². The zero-order chi connectivity index (χ0) is 10.2. The van der Waals surface area contributed by atoms with E-state index in [1.165, 1.54) is 5.56 Å². The molecule has 0 unspecified atom stereocenters. The van der Waals surface area contributed by atoms with Crippen molar-refractivity contribution >= 4 is 0 Å². The SMILES string of the molecule is Cc1ccccc1[C@]1(O)CCC[C@@H]1C. The van der Waals surface area contributed by atoms with Gasteiger partial charge in [0.2, 0.25) is 0 Å². The Kier molecular flexibility index (Phi) is 2.36. The van der Waals surface area contributed by atoms with E-state index in [2.05, 4.69) is 26.0 Å². The summed E-state index contributed by atoms with van der Waals surface area (Å²) < 4.78 is 0. The van der Waals surface area contributed by atoms with Crippen LogP contribution in [-0.2, 0) is 5.60 Å². The molecule has 1 N–H and O–H groups in total. The second kappa shape index (κ2) is 3.39. The second-order valence-electron chi connectivity index (χ2n) is 4.53. The van der Waals surface area contributed by atoms with E-state index < -0.39 is 5.60 Å². The minimum Gasteiger partial charge on any atom is -0.385 e. The maximum absolute atomic E-state index is 10.6. The van der Waals surface area contributed by atoms with Gasteiger partial charge in [-0.1, -0.05) is 31.2 Å². The van der Waals surface area contributed by atoms with Crippen molar-refractivity contribution in [3.63, 3.8) is 0 Å². The predicted molar refractivity (Wildman–Crippen MR) is 58.1 cm³/mol. The van der Waals surface area contributed by atoms with Gasteiger partial charge in [-0.25, -0.2) is 0 Å². The van der Waals surface area contributed by atoms with E-state index in [-0.39, 0.29) is 0 Å². The Hall–Kier alpha value is -0.820. The van der Waals surface area contributed by atoms with Crippen LogP contribution in [0, 0.1) is 12.8 Å². The topological polar surface area (TPSA) is 20.2 Å². The standard InChI is InChI=1S/C13H18O/c1-10-6-3-4-8-12(10)13(14)9-5-7-11(13)2/h3-4,6,8,11,14H,5,7,9H2,1-2H3/t11-,13-/m0/s1. The molecule has 1 aromatic rings. The molecule has 1 aromatic carbocycles. The van der Waals surface area contributed by atoms with Crippen molar-refractivity contribution in [2.24, 2.45) is 5.92 Å². The molecule has 1 nitrogen and oxygen atoms in total. The summed E-state index contributed by atoms with van der Waals surface area (Å²) in [5.74, 6) is 0.392. The van der Waals surface area contributed by atoms with Crippen LogP contribution in [-0.4, -0.2) is 5.11 Å². The van der Waals surface area contributed by atoms with Crippen LogP contribution in [0.3, 0.4) is 0 Å². The lowest BCUT2D eigenvalue weighted by molar-refractivity contribution is 0.00391. The van der Waals surface area contributed by atoms with Gasteiger partial charge in [-0.2, -0.15) is 0 Å². The van der Waals surface area contributed by atoms with E-state index in [1.807, 2.05) is 12.1 Å². The largest absolute Gasteiger partial charge is 0.385 e. The first kappa shape index (κ1) is 9.72. The van der Waals surface area contributed by atoms with Crippen LogP contribution in [0.15, 0.2) is 24.3 Å². The van der Waals surface area contributed by atoms with E-state index in [9.17, 15) is 5.11 Å². The van der Waals surface area contributed by atoms with Gasteiger partial charge in [0.1, 0.15) is 0 Å². The minimum absolute atomic E-state index is 0.392. The molecule has 0 spiro atoms. The van der Waals surface area contributed by atoms with Crippen LogP contribution in [0.1, 0.15) is 37.3 Å². The summed E-state index contributed by atoms with van der Waals surface area (Å²) in [7, 11) is 0. The van der Waals surface area contributed by atoms with Gasteiger partial charge in [0.05, 0.1) is 5.60 Å². The minimum atomic E-state index is -0.564. The van der Waals surface area contributed by atoms with Crippen LogP contribution in [0.4, 0.5) is 0 Å². The van der Waals surface area contributed by atoms with Gasteiger partial charge in [0.15, 0.2) is 0 Å². The lowest BCUT2D eigenvalue weighted by atomic mass is 9.83. The second-order valence-corrected chi connectivity index (χ2v) is 4.53. The lowest BCUT2D eigenvalue weighted by Crippen LogP contribution is -2.29. The van der Waals surface area contributed by atoms with Crippen LogP contribution in [0.25, 0.3) is 0 Å². The first-order valence-electron chi connectivity index (χ1n) is 5.43. The third-order valence-electron chi connectivity index (χ3n) is 3.62. The zero-order valence-electron chi connectivity index (χ0n) is 8.96. The van der Waals surface area contributed by atoms with Crippen LogP contribution < -0.4 is 0 Å². The lowest BCUT2D eigenvalue weighted by Gasteiger charge is -2.29. The molecular weight excluding hydrogens is 172 g/mol. The molecule has 1 heteroatoms. The molecule has 0 radical (unpaired) electrons. The van der Waals surface area contributed by atoms with Gasteiger partial charge < -0.3 is 5.11 Å². The zero-order valence-corrected chi connectivity index (χ0v) is 8.96. The molecule has 76 valence electrons. The van der Waals surface area contributed by atoms with Gasteiger partial charge in [0.25, 0.3) is 0 Å². The summed E-state index contributed by atoms with van der Waals surface area (Å²) >= 11 is 0. The first-order chi connectivity index (χ1) is 6.64. The van der Waals surface area contributed by atoms with Crippen molar-refractivity contribution in [2.45, 2.75) is 38.7 Å². The number of hydrogen-bond acceptors (Lipinski definition) is 1. The Labute approximate surface area is 85.8 Å². The fourth-order valence-corrected chi connectivity index (χ4v) is 2.62. The third kappa shape index (κ3) is 1.36. The van der Waals surface area contributed by atoms with E-state index in [1.54, 1.807) is 0 Å². The first-order valence-corrected chi connectivity index (χ1v) is 5.43. The molecule has 0 bridgehead atoms. The van der Waals surface area contributed by atoms with Crippen molar-refractivity contribution in [2.75, 3.05) is 0 Å². The molecule has 0 aromatic heterocycles. The number of hydrogen-bond donors (Lipinski definition) is 1. The summed E-state index contributed by atoms with van der Waals surface area (Å²) in [5.41, 5.74) is 1.78. The number of benzene rings is 1. The molecule has 1 saturated carbocycles. The fourth-order valence-electron chi connectivity index (χ4n) is 2.62. The van der Waals surface area contributed by atoms with Crippen molar-refractivity contribution < 1.29 is 5.11 Å². The third-order valence-corrected chi connectivity index (χ3v) is 3.62. The molecule has 0 saturated heterocycles. The van der Waals surface area contributed by atoms with E-state index in [0.717, 1.165) is 24.8 Å². The Bertz CT molecular complexity index is 332. The number of aliphatic hydroxyl groups is 1. The average molecular weight is 190 g/mol. The molecule has 0 heterocycles. The predicted octanol–water partition coefficient (Wildman–Crippen LogP) is 3.00. The normalized spacial score (nSPS) is 32.1. The molecule has 1 aliphatic rings. The summed E-state index contributed by atoms with van der Waals surface area (Å²) in [4.78, 5) is 0. The Morgan fingerprint density at radius 3 is 2.64 bits per heavy atom. The molecule has 0 aliphatic heterocycles. The summed E-state index contributed by atoms with van der Waals surface area (Å²) in [6.45, 7) is 4.23. The highest BCUT2D eigenvalue weighted by Crippen LogP contribution is 2.44. The quantitative estimate of drug-likeness (QED) is 0.721. The summed E-state index contributed by atoms with van der Waals surface area (Å²) in [6.07, 6.45) is 3.20. The van der Waals surface area contributed by atoms with Gasteiger partial charge in [-0.3, -0.25) is 0 Å². The van der Waals surface area contributed by atoms with Crippen LogP contribution in [0.2, 0.25) is 0 Å². The van der Waals surface area contributed by atoms with E-state index in [0.29, 0.717) is 5.92 Å². The van der Waals surface area contributed by atoms with Gasteiger partial charge in [-0.05, 0) is 43.2 Å². The highest BCUT2D eigenvalue weighted by molar-refractivity contribution is 5.32. The fraction of sp³-hybridized carbons (Fsp3) is 0.538. The van der Waals surface area contributed by atoms with Gasteiger partial charge in [-0.15, -0.1) is 0 Å². The highest BCUT2D eigenvalue weighted by atomic mass is 16.3. The average Bonchev–Trinajstić information content (AvgIpc) is 2.49. The van der Waals surface area contributed by atoms with Crippen LogP contribution >= 0.6 is 0 Å². The van der Waals surface area contributed by atoms with Crippen LogP contribution in [0.5, 0.6) is 0 Å². The smallest absolute Gasteiger partial charge is 0.0924 e. The van der Waals surface area contributed by atoms with Crippen molar-refractivity contribution in [3.05, 3.63) is 35.4 Å². The maximum Gasteiger partial charge on any atom is 0.0924 e. The van der Waals surface area contributed by atoms with Crippen molar-refractivity contribution in [3.8, 4) is 0 Å². The molecule has 2 rings (SSSR count). The molecule has 1 fully saturated rings. The van der Waals surface area contributed by atoms with Gasteiger partial charge >= 0.3 is 0 Å². The number of rotatable bonds is 1. The van der Waals surface area contributed by atoms with Crippen molar-refractivity contribution in [1.29, 1.82) is 0 Å². The molecule has 2 atom stereocenters. The summed E-state index contributed by atoms with van der Waals surface area (Å²) in [6, 6.07) is 8.20. The molecule has 0 amide bonds. The summed E-state index contributed by atoms with van der Waals surface area (Å²) in [5, 5.41) is 10.6. The Balaban J connectivity index is 2.43. The molecule has 14 heavy (non-hydrogen) atoms. The monoisotopic (exact) mass is 190 g/mol. The molecular formula is C13H18O. The van der Waals surface area contributed by atoms with E-state index in [4.69, 9.17) is 0 Å². The van der Waals surface area contributed by atoms with Crippen molar-refractivity contribution in [1.82, 2.24) is 0 Å². The highest BCUT2D eigenvalue weighted by Gasteiger charge is 2.40. The number of aryl methyl sites for hydroxylation is 1. The van der Waals surface area contributed by atoms with E-state index >= 15 is 0 Å². The maximum atomic E-state index is 10.6. The molecule has 1 aliphatic carbocycles.